The van der Waals surface area contributed by atoms with Crippen molar-refractivity contribution in [2.75, 3.05) is 17.7 Å². The summed E-state index contributed by atoms with van der Waals surface area (Å²) in [4.78, 5) is 32.2. The van der Waals surface area contributed by atoms with Gasteiger partial charge in [-0.3, -0.25) is 14.2 Å². The van der Waals surface area contributed by atoms with E-state index in [1.807, 2.05) is 31.2 Å². The van der Waals surface area contributed by atoms with Crippen LogP contribution in [0.2, 0.25) is 0 Å². The second-order valence-corrected chi connectivity index (χ2v) is 8.94. The number of para-hydroxylation sites is 2. The van der Waals surface area contributed by atoms with Gasteiger partial charge in [0.25, 0.3) is 5.56 Å². The smallest absolute Gasteiger partial charge is 0.262 e. The molecule has 0 saturated carbocycles. The molecule has 2 heterocycles. The number of aryl methyl sites for hydroxylation is 2. The lowest BCUT2D eigenvalue weighted by Crippen LogP contribution is -2.22. The van der Waals surface area contributed by atoms with Gasteiger partial charge in [0.1, 0.15) is 10.6 Å². The van der Waals surface area contributed by atoms with Crippen LogP contribution in [0.25, 0.3) is 10.2 Å². The molecule has 0 saturated heterocycles. The first-order valence-electron chi connectivity index (χ1n) is 9.74. The summed E-state index contributed by atoms with van der Waals surface area (Å²) in [7, 11) is 1.73. The molecule has 6 nitrogen and oxygen atoms in total. The number of amides is 1. The van der Waals surface area contributed by atoms with Gasteiger partial charge in [0.05, 0.1) is 23.4 Å². The number of benzene rings is 1. The number of carbonyl (C=O) groups excluding carboxylic acids is 1. The number of carbonyl (C=O) groups is 1. The zero-order chi connectivity index (χ0) is 20.4. The first kappa shape index (κ1) is 20.0. The molecular weight excluding hydrogens is 406 g/mol. The van der Waals surface area contributed by atoms with Crippen LogP contribution in [0.5, 0.6) is 5.75 Å². The third kappa shape index (κ3) is 4.04. The molecule has 0 radical (unpaired) electrons. The number of nitrogens with zero attached hydrogens (tertiary/aromatic N) is 2. The van der Waals surface area contributed by atoms with Gasteiger partial charge in [0.15, 0.2) is 5.16 Å². The highest BCUT2D eigenvalue weighted by atomic mass is 32.2. The van der Waals surface area contributed by atoms with Crippen molar-refractivity contribution in [1.29, 1.82) is 0 Å². The second-order valence-electron chi connectivity index (χ2n) is 6.92. The monoisotopic (exact) mass is 429 g/mol. The number of nitrogens with one attached hydrogen (secondary N) is 1. The number of ether oxygens (including phenoxy) is 1. The zero-order valence-corrected chi connectivity index (χ0v) is 18.1. The van der Waals surface area contributed by atoms with Crippen LogP contribution >= 0.6 is 23.1 Å². The largest absolute Gasteiger partial charge is 0.492 e. The Kier molecular flexibility index (Phi) is 5.91. The third-order valence-electron chi connectivity index (χ3n) is 4.95. The molecule has 3 aromatic rings. The standard InChI is InChI=1S/C21H23N3O3S2/c1-3-27-15-10-6-5-9-14(15)22-17(25)12-28-21-23-19-18(20(26)24(21)2)13-8-4-7-11-16(13)29-19/h5-6,9-10H,3-4,7-8,11-12H2,1-2H3,(H,22,25). The van der Waals surface area contributed by atoms with E-state index < -0.39 is 0 Å². The van der Waals surface area contributed by atoms with Gasteiger partial charge in [-0.2, -0.15) is 0 Å². The van der Waals surface area contributed by atoms with E-state index in [4.69, 9.17) is 9.72 Å². The summed E-state index contributed by atoms with van der Waals surface area (Å²) in [6, 6.07) is 7.35. The van der Waals surface area contributed by atoms with Crippen molar-refractivity contribution in [3.63, 3.8) is 0 Å². The van der Waals surface area contributed by atoms with Crippen LogP contribution in [-0.2, 0) is 24.7 Å². The molecular formula is C21H23N3O3S2. The van der Waals surface area contributed by atoms with E-state index in [-0.39, 0.29) is 17.2 Å². The number of anilines is 1. The summed E-state index contributed by atoms with van der Waals surface area (Å²) < 4.78 is 7.11. The van der Waals surface area contributed by atoms with E-state index in [0.29, 0.717) is 23.2 Å². The van der Waals surface area contributed by atoms with Crippen molar-refractivity contribution in [2.45, 2.75) is 37.8 Å². The fraction of sp³-hybridized carbons (Fsp3) is 0.381. The number of thioether (sulfide) groups is 1. The van der Waals surface area contributed by atoms with Gasteiger partial charge in [-0.25, -0.2) is 4.98 Å². The lowest BCUT2D eigenvalue weighted by atomic mass is 9.97. The highest BCUT2D eigenvalue weighted by Crippen LogP contribution is 2.34. The number of aromatic nitrogens is 2. The van der Waals surface area contributed by atoms with Gasteiger partial charge in [-0.1, -0.05) is 23.9 Å². The first-order chi connectivity index (χ1) is 14.1. The molecule has 152 valence electrons. The molecule has 8 heteroatoms. The molecule has 1 aliphatic carbocycles. The summed E-state index contributed by atoms with van der Waals surface area (Å²) in [6.07, 6.45) is 4.29. The molecule has 4 rings (SSSR count). The first-order valence-corrected chi connectivity index (χ1v) is 11.5. The van der Waals surface area contributed by atoms with E-state index in [1.54, 1.807) is 23.0 Å². The topological polar surface area (TPSA) is 73.2 Å². The summed E-state index contributed by atoms with van der Waals surface area (Å²) in [6.45, 7) is 2.43. The lowest BCUT2D eigenvalue weighted by Gasteiger charge is -2.12. The van der Waals surface area contributed by atoms with Crippen LogP contribution in [0.4, 0.5) is 5.69 Å². The molecule has 0 spiro atoms. The van der Waals surface area contributed by atoms with Crippen molar-refractivity contribution < 1.29 is 9.53 Å². The highest BCUT2D eigenvalue weighted by molar-refractivity contribution is 7.99. The van der Waals surface area contributed by atoms with Gasteiger partial charge in [-0.05, 0) is 50.3 Å². The van der Waals surface area contributed by atoms with E-state index >= 15 is 0 Å². The summed E-state index contributed by atoms with van der Waals surface area (Å²) in [5.74, 6) is 0.642. The molecule has 0 bridgehead atoms. The van der Waals surface area contributed by atoms with Crippen LogP contribution < -0.4 is 15.6 Å². The Labute approximate surface area is 177 Å². The van der Waals surface area contributed by atoms with Crippen LogP contribution in [0.3, 0.4) is 0 Å². The van der Waals surface area contributed by atoms with E-state index in [1.165, 1.54) is 28.6 Å². The predicted molar refractivity (Wildman–Crippen MR) is 118 cm³/mol. The normalized spacial score (nSPS) is 13.3. The molecule has 0 atom stereocenters. The number of thiophene rings is 1. The fourth-order valence-electron chi connectivity index (χ4n) is 3.56. The number of hydrogen-bond donors (Lipinski definition) is 1. The Morgan fingerprint density at radius 3 is 2.93 bits per heavy atom. The van der Waals surface area contributed by atoms with E-state index in [0.717, 1.165) is 29.5 Å². The molecule has 1 N–H and O–H groups in total. The van der Waals surface area contributed by atoms with Gasteiger partial charge in [-0.15, -0.1) is 11.3 Å². The minimum Gasteiger partial charge on any atom is -0.492 e. The number of hydrogen-bond acceptors (Lipinski definition) is 6. The molecule has 1 aromatic carbocycles. The van der Waals surface area contributed by atoms with E-state index in [2.05, 4.69) is 5.32 Å². The predicted octanol–water partition coefficient (Wildman–Crippen LogP) is 4.00. The average Bonchev–Trinajstić information content (AvgIpc) is 3.09. The molecule has 1 amide bonds. The molecule has 0 aliphatic heterocycles. The maximum atomic E-state index is 12.9. The zero-order valence-electron chi connectivity index (χ0n) is 16.5. The lowest BCUT2D eigenvalue weighted by molar-refractivity contribution is -0.113. The Balaban J connectivity index is 1.52. The average molecular weight is 430 g/mol. The van der Waals surface area contributed by atoms with Gasteiger partial charge < -0.3 is 10.1 Å². The summed E-state index contributed by atoms with van der Waals surface area (Å²) >= 11 is 2.90. The fourth-order valence-corrected chi connectivity index (χ4v) is 5.64. The van der Waals surface area contributed by atoms with Crippen LogP contribution in [-0.4, -0.2) is 27.8 Å². The van der Waals surface area contributed by atoms with Crippen LogP contribution in [0, 0.1) is 0 Å². The maximum Gasteiger partial charge on any atom is 0.262 e. The maximum absolute atomic E-state index is 12.9. The van der Waals surface area contributed by atoms with Crippen molar-refractivity contribution in [3.05, 3.63) is 45.1 Å². The van der Waals surface area contributed by atoms with Gasteiger partial charge in [0, 0.05) is 11.9 Å². The van der Waals surface area contributed by atoms with Crippen molar-refractivity contribution in [2.24, 2.45) is 7.05 Å². The quantitative estimate of drug-likeness (QED) is 0.474. The Morgan fingerprint density at radius 2 is 2.10 bits per heavy atom. The third-order valence-corrected chi connectivity index (χ3v) is 7.16. The number of rotatable bonds is 6. The van der Waals surface area contributed by atoms with E-state index in [9.17, 15) is 9.59 Å². The Hall–Kier alpha value is -2.32. The van der Waals surface area contributed by atoms with Gasteiger partial charge >= 0.3 is 0 Å². The summed E-state index contributed by atoms with van der Waals surface area (Å²) in [5, 5.41) is 4.21. The van der Waals surface area contributed by atoms with Crippen molar-refractivity contribution >= 4 is 44.9 Å². The van der Waals surface area contributed by atoms with Crippen molar-refractivity contribution in [3.8, 4) is 5.75 Å². The van der Waals surface area contributed by atoms with Gasteiger partial charge in [0.2, 0.25) is 5.91 Å². The SMILES string of the molecule is CCOc1ccccc1NC(=O)CSc1nc2sc3c(c2c(=O)n1C)CCCC3. The molecule has 2 aromatic heterocycles. The molecule has 0 fully saturated rings. The Bertz CT molecular complexity index is 1120. The van der Waals surface area contributed by atoms with Crippen LogP contribution in [0.15, 0.2) is 34.2 Å². The summed E-state index contributed by atoms with van der Waals surface area (Å²) in [5.41, 5.74) is 1.81. The number of fused-ring (bicyclic) bond motifs is 3. The minimum atomic E-state index is -0.165. The molecule has 0 unspecified atom stereocenters. The minimum absolute atomic E-state index is 0.0148. The Morgan fingerprint density at radius 1 is 1.31 bits per heavy atom. The molecule has 1 aliphatic rings. The van der Waals surface area contributed by atoms with Crippen molar-refractivity contribution in [1.82, 2.24) is 9.55 Å². The molecule has 29 heavy (non-hydrogen) atoms. The second kappa shape index (κ2) is 8.59. The highest BCUT2D eigenvalue weighted by Gasteiger charge is 2.21. The van der Waals surface area contributed by atoms with Crippen LogP contribution in [0.1, 0.15) is 30.2 Å².